The van der Waals surface area contributed by atoms with Crippen LogP contribution in [0.5, 0.6) is 0 Å². The van der Waals surface area contributed by atoms with Crippen molar-refractivity contribution in [3.63, 3.8) is 0 Å². The Labute approximate surface area is 110 Å². The van der Waals surface area contributed by atoms with Crippen LogP contribution in [0.15, 0.2) is 54.6 Å². The Bertz CT molecular complexity index is 491. The van der Waals surface area contributed by atoms with Crippen molar-refractivity contribution >= 4 is 11.4 Å². The molecule has 2 rings (SSSR count). The van der Waals surface area contributed by atoms with Gasteiger partial charge in [-0.2, -0.15) is 0 Å². The molecule has 0 bridgehead atoms. The Morgan fingerprint density at radius 3 is 1.72 bits per heavy atom. The molecule has 18 heavy (non-hydrogen) atoms. The minimum Gasteiger partial charge on any atom is -0.336 e. The highest BCUT2D eigenvalue weighted by molar-refractivity contribution is 5.65. The zero-order valence-electron chi connectivity index (χ0n) is 11.6. The fourth-order valence-corrected chi connectivity index (χ4v) is 2.19. The van der Waals surface area contributed by atoms with Crippen LogP contribution in [0.4, 0.5) is 11.4 Å². The Hall–Kier alpha value is -1.76. The summed E-state index contributed by atoms with van der Waals surface area (Å²) in [5.41, 5.74) is 3.81. The number of nitrogens with zero attached hydrogens (tertiary/aromatic N) is 1. The highest BCUT2D eigenvalue weighted by Gasteiger charge is 2.22. The summed E-state index contributed by atoms with van der Waals surface area (Å²) < 4.78 is 0. The molecule has 0 amide bonds. The van der Waals surface area contributed by atoms with Crippen LogP contribution in [0.3, 0.4) is 0 Å². The second-order valence-electron chi connectivity index (χ2n) is 5.68. The second-order valence-corrected chi connectivity index (χ2v) is 5.68. The van der Waals surface area contributed by atoms with Crippen molar-refractivity contribution in [1.29, 1.82) is 0 Å². The molecule has 0 spiro atoms. The van der Waals surface area contributed by atoms with Crippen molar-refractivity contribution in [1.82, 2.24) is 0 Å². The normalized spacial score (nSPS) is 11.3. The summed E-state index contributed by atoms with van der Waals surface area (Å²) in [6, 6.07) is 19.2. The van der Waals surface area contributed by atoms with Crippen molar-refractivity contribution in [2.75, 3.05) is 4.90 Å². The summed E-state index contributed by atoms with van der Waals surface area (Å²) in [6.07, 6.45) is 0. The summed E-state index contributed by atoms with van der Waals surface area (Å²) in [5.74, 6) is 0. The third-order valence-corrected chi connectivity index (χ3v) is 2.98. The maximum atomic E-state index is 2.37. The Balaban J connectivity index is 2.47. The molecule has 2 aromatic carbocycles. The lowest BCUT2D eigenvalue weighted by molar-refractivity contribution is 0.560. The number of anilines is 2. The average molecular weight is 239 g/mol. The Kier molecular flexibility index (Phi) is 3.42. The van der Waals surface area contributed by atoms with Crippen LogP contribution >= 0.6 is 0 Å². The van der Waals surface area contributed by atoms with E-state index in [9.17, 15) is 0 Å². The summed E-state index contributed by atoms with van der Waals surface area (Å²) in [6.45, 7) is 8.83. The predicted molar refractivity (Wildman–Crippen MR) is 79.5 cm³/mol. The Morgan fingerprint density at radius 1 is 0.722 bits per heavy atom. The van der Waals surface area contributed by atoms with Crippen molar-refractivity contribution in [3.8, 4) is 0 Å². The van der Waals surface area contributed by atoms with Crippen LogP contribution in [-0.2, 0) is 0 Å². The first-order valence-electron chi connectivity index (χ1n) is 6.40. The molecule has 0 aromatic heterocycles. The molecule has 0 aliphatic rings. The summed E-state index contributed by atoms with van der Waals surface area (Å²) in [4.78, 5) is 2.37. The van der Waals surface area contributed by atoms with E-state index in [0.717, 1.165) is 0 Å². The molecule has 0 fully saturated rings. The first-order chi connectivity index (χ1) is 8.48. The lowest BCUT2D eigenvalue weighted by Gasteiger charge is -2.38. The van der Waals surface area contributed by atoms with Crippen LogP contribution in [0.25, 0.3) is 0 Å². The summed E-state index contributed by atoms with van der Waals surface area (Å²) >= 11 is 0. The zero-order valence-corrected chi connectivity index (χ0v) is 11.6. The second kappa shape index (κ2) is 4.85. The first-order valence-corrected chi connectivity index (χ1v) is 6.40. The van der Waals surface area contributed by atoms with Gasteiger partial charge >= 0.3 is 0 Å². The smallest absolute Gasteiger partial charge is 0.0416 e. The van der Waals surface area contributed by atoms with E-state index in [1.54, 1.807) is 0 Å². The zero-order chi connectivity index (χ0) is 13.2. The fourth-order valence-electron chi connectivity index (χ4n) is 2.19. The van der Waals surface area contributed by atoms with Gasteiger partial charge in [-0.15, -0.1) is 0 Å². The number of hydrogen-bond donors (Lipinski definition) is 0. The third-order valence-electron chi connectivity index (χ3n) is 2.98. The van der Waals surface area contributed by atoms with E-state index in [4.69, 9.17) is 0 Å². The van der Waals surface area contributed by atoms with Gasteiger partial charge in [0.05, 0.1) is 0 Å². The molecule has 0 heterocycles. The van der Waals surface area contributed by atoms with Gasteiger partial charge in [-0.05, 0) is 52.0 Å². The highest BCUT2D eigenvalue weighted by atomic mass is 15.2. The van der Waals surface area contributed by atoms with E-state index in [-0.39, 0.29) is 5.54 Å². The van der Waals surface area contributed by atoms with Gasteiger partial charge < -0.3 is 4.90 Å². The van der Waals surface area contributed by atoms with Gasteiger partial charge in [-0.25, -0.2) is 0 Å². The molecular weight excluding hydrogens is 218 g/mol. The van der Waals surface area contributed by atoms with Gasteiger partial charge in [-0.1, -0.05) is 35.9 Å². The van der Waals surface area contributed by atoms with Gasteiger partial charge in [0, 0.05) is 16.9 Å². The van der Waals surface area contributed by atoms with E-state index < -0.39 is 0 Å². The quantitative estimate of drug-likeness (QED) is 0.718. The standard InChI is InChI=1S/C17H21N/c1-14-10-12-16(13-11-14)18(17(2,3)4)15-8-6-5-7-9-15/h5-13H,1-4H3. The minimum atomic E-state index is 0.0522. The number of rotatable bonds is 2. The third kappa shape index (κ3) is 2.73. The molecule has 0 aliphatic carbocycles. The molecule has 1 nitrogen and oxygen atoms in total. The van der Waals surface area contributed by atoms with Gasteiger partial charge in [0.25, 0.3) is 0 Å². The van der Waals surface area contributed by atoms with Crippen LogP contribution in [0.2, 0.25) is 0 Å². The first kappa shape index (κ1) is 12.7. The average Bonchev–Trinajstić information content (AvgIpc) is 2.32. The molecule has 0 aliphatic heterocycles. The number of benzene rings is 2. The summed E-state index contributed by atoms with van der Waals surface area (Å²) in [5, 5.41) is 0. The highest BCUT2D eigenvalue weighted by Crippen LogP contribution is 2.32. The van der Waals surface area contributed by atoms with Crippen LogP contribution in [0, 0.1) is 6.92 Å². The number of aryl methyl sites for hydroxylation is 1. The minimum absolute atomic E-state index is 0.0522. The predicted octanol–water partition coefficient (Wildman–Crippen LogP) is 4.93. The van der Waals surface area contributed by atoms with Crippen LogP contribution in [0.1, 0.15) is 26.3 Å². The van der Waals surface area contributed by atoms with Gasteiger partial charge in [0.1, 0.15) is 0 Å². The summed E-state index contributed by atoms with van der Waals surface area (Å²) in [7, 11) is 0. The SMILES string of the molecule is Cc1ccc(N(c2ccccc2)C(C)(C)C)cc1. The van der Waals surface area contributed by atoms with Crippen molar-refractivity contribution in [3.05, 3.63) is 60.2 Å². The molecule has 0 saturated heterocycles. The van der Waals surface area contributed by atoms with Gasteiger partial charge in [-0.3, -0.25) is 0 Å². The molecule has 0 saturated carbocycles. The lowest BCUT2D eigenvalue weighted by atomic mass is 10.0. The Morgan fingerprint density at radius 2 is 1.22 bits per heavy atom. The molecular formula is C17H21N. The van der Waals surface area contributed by atoms with Crippen molar-refractivity contribution < 1.29 is 0 Å². The molecule has 0 radical (unpaired) electrons. The maximum absolute atomic E-state index is 2.37. The van der Waals surface area contributed by atoms with E-state index in [1.165, 1.54) is 16.9 Å². The van der Waals surface area contributed by atoms with E-state index in [2.05, 4.69) is 87.2 Å². The van der Waals surface area contributed by atoms with Gasteiger partial charge in [0.15, 0.2) is 0 Å². The lowest BCUT2D eigenvalue weighted by Crippen LogP contribution is -2.37. The molecule has 2 aromatic rings. The number of hydrogen-bond acceptors (Lipinski definition) is 1. The van der Waals surface area contributed by atoms with Gasteiger partial charge in [0.2, 0.25) is 0 Å². The molecule has 0 N–H and O–H groups in total. The molecule has 0 unspecified atom stereocenters. The molecule has 94 valence electrons. The van der Waals surface area contributed by atoms with Crippen molar-refractivity contribution in [2.45, 2.75) is 33.2 Å². The largest absolute Gasteiger partial charge is 0.336 e. The number of para-hydroxylation sites is 1. The monoisotopic (exact) mass is 239 g/mol. The van der Waals surface area contributed by atoms with E-state index >= 15 is 0 Å². The molecule has 1 heteroatoms. The fraction of sp³-hybridized carbons (Fsp3) is 0.294. The molecule has 0 atom stereocenters. The van der Waals surface area contributed by atoms with Crippen LogP contribution in [-0.4, -0.2) is 5.54 Å². The topological polar surface area (TPSA) is 3.24 Å². The van der Waals surface area contributed by atoms with Crippen LogP contribution < -0.4 is 4.90 Å². The maximum Gasteiger partial charge on any atom is 0.0416 e. The van der Waals surface area contributed by atoms with E-state index in [1.807, 2.05) is 0 Å². The van der Waals surface area contributed by atoms with E-state index in [0.29, 0.717) is 0 Å². The van der Waals surface area contributed by atoms with Crippen molar-refractivity contribution in [2.24, 2.45) is 0 Å².